The Hall–Kier alpha value is -0.930. The Morgan fingerprint density at radius 1 is 1.38 bits per heavy atom. The van der Waals surface area contributed by atoms with E-state index in [4.69, 9.17) is 9.73 Å². The molecule has 0 aromatic heterocycles. The van der Waals surface area contributed by atoms with Crippen molar-refractivity contribution in [1.29, 1.82) is 0 Å². The summed E-state index contributed by atoms with van der Waals surface area (Å²) in [6.07, 6.45) is 2.72. The number of guanidine groups is 1. The van der Waals surface area contributed by atoms with Crippen molar-refractivity contribution in [3.63, 3.8) is 0 Å². The fraction of sp³-hybridized carbons (Fsp3) is 0.632. The topological polar surface area (TPSA) is 40.1 Å². The number of hydrogen-bond acceptors (Lipinski definition) is 3. The molecule has 0 aliphatic carbocycles. The molecular formula is C19H30FIN4O. The van der Waals surface area contributed by atoms with E-state index in [0.717, 1.165) is 31.2 Å². The number of rotatable bonds is 5. The van der Waals surface area contributed by atoms with E-state index in [0.29, 0.717) is 19.1 Å². The minimum absolute atomic E-state index is 0. The van der Waals surface area contributed by atoms with Crippen LogP contribution in [-0.2, 0) is 11.3 Å². The van der Waals surface area contributed by atoms with Gasteiger partial charge in [-0.2, -0.15) is 0 Å². The minimum atomic E-state index is -0.207. The molecule has 0 saturated carbocycles. The van der Waals surface area contributed by atoms with Crippen LogP contribution in [0.25, 0.3) is 0 Å². The molecule has 2 saturated heterocycles. The summed E-state index contributed by atoms with van der Waals surface area (Å²) in [6, 6.07) is 7.24. The van der Waals surface area contributed by atoms with Crippen LogP contribution < -0.4 is 5.32 Å². The smallest absolute Gasteiger partial charge is 0.194 e. The zero-order valence-corrected chi connectivity index (χ0v) is 18.0. The van der Waals surface area contributed by atoms with Crippen molar-refractivity contribution in [3.05, 3.63) is 35.6 Å². The van der Waals surface area contributed by atoms with Gasteiger partial charge in [0.2, 0.25) is 0 Å². The summed E-state index contributed by atoms with van der Waals surface area (Å²) in [4.78, 5) is 9.38. The van der Waals surface area contributed by atoms with Gasteiger partial charge in [0, 0.05) is 32.7 Å². The number of hydrogen-bond donors (Lipinski definition) is 1. The molecule has 2 aliphatic heterocycles. The first kappa shape index (κ1) is 21.4. The van der Waals surface area contributed by atoms with Gasteiger partial charge in [-0.1, -0.05) is 12.1 Å². The minimum Gasteiger partial charge on any atom is -0.373 e. The van der Waals surface area contributed by atoms with Crippen LogP contribution in [-0.4, -0.2) is 67.7 Å². The maximum Gasteiger partial charge on any atom is 0.194 e. The SMILES string of the molecule is CCNC(=NCC1CN2CCCC2CO1)N(C)Cc1ccc(F)cc1.I. The van der Waals surface area contributed by atoms with E-state index in [1.54, 1.807) is 0 Å². The van der Waals surface area contributed by atoms with Crippen LogP contribution in [0, 0.1) is 5.82 Å². The van der Waals surface area contributed by atoms with Gasteiger partial charge in [-0.3, -0.25) is 9.89 Å². The summed E-state index contributed by atoms with van der Waals surface area (Å²) in [6.45, 7) is 7.24. The monoisotopic (exact) mass is 476 g/mol. The van der Waals surface area contributed by atoms with E-state index in [9.17, 15) is 4.39 Å². The van der Waals surface area contributed by atoms with Gasteiger partial charge in [0.15, 0.2) is 5.96 Å². The number of aliphatic imine (C=N–C) groups is 1. The van der Waals surface area contributed by atoms with Gasteiger partial charge in [0.25, 0.3) is 0 Å². The lowest BCUT2D eigenvalue weighted by Crippen LogP contribution is -2.47. The summed E-state index contributed by atoms with van der Waals surface area (Å²) in [5, 5.41) is 3.33. The maximum atomic E-state index is 13.1. The molecule has 2 fully saturated rings. The van der Waals surface area contributed by atoms with Crippen molar-refractivity contribution in [3.8, 4) is 0 Å². The molecule has 1 N–H and O–H groups in total. The van der Waals surface area contributed by atoms with E-state index in [2.05, 4.69) is 22.0 Å². The third kappa shape index (κ3) is 5.79. The van der Waals surface area contributed by atoms with Crippen LogP contribution in [0.15, 0.2) is 29.3 Å². The average molecular weight is 476 g/mol. The Morgan fingerprint density at radius 2 is 2.15 bits per heavy atom. The van der Waals surface area contributed by atoms with Crippen LogP contribution in [0.1, 0.15) is 25.3 Å². The molecule has 2 heterocycles. The van der Waals surface area contributed by atoms with E-state index >= 15 is 0 Å². The van der Waals surface area contributed by atoms with E-state index < -0.39 is 0 Å². The predicted molar refractivity (Wildman–Crippen MR) is 114 cm³/mol. The zero-order valence-electron chi connectivity index (χ0n) is 15.7. The van der Waals surface area contributed by atoms with Crippen molar-refractivity contribution < 1.29 is 9.13 Å². The van der Waals surface area contributed by atoms with E-state index in [1.165, 1.54) is 31.5 Å². The molecule has 1 aromatic carbocycles. The number of nitrogens with zero attached hydrogens (tertiary/aromatic N) is 3. The van der Waals surface area contributed by atoms with Crippen LogP contribution in [0.4, 0.5) is 4.39 Å². The summed E-state index contributed by atoms with van der Waals surface area (Å²) in [7, 11) is 2.00. The highest BCUT2D eigenvalue weighted by Crippen LogP contribution is 2.22. The molecule has 0 amide bonds. The molecule has 2 unspecified atom stereocenters. The lowest BCUT2D eigenvalue weighted by atomic mass is 10.2. The summed E-state index contributed by atoms with van der Waals surface area (Å²) in [5.74, 6) is 0.653. The van der Waals surface area contributed by atoms with Crippen molar-refractivity contribution in [2.24, 2.45) is 4.99 Å². The van der Waals surface area contributed by atoms with Crippen LogP contribution in [0.3, 0.4) is 0 Å². The molecule has 2 atom stereocenters. The fourth-order valence-electron chi connectivity index (χ4n) is 3.59. The first-order valence-electron chi connectivity index (χ1n) is 9.25. The highest BCUT2D eigenvalue weighted by molar-refractivity contribution is 14.0. The molecule has 0 spiro atoms. The number of benzene rings is 1. The highest BCUT2D eigenvalue weighted by Gasteiger charge is 2.32. The van der Waals surface area contributed by atoms with Crippen molar-refractivity contribution in [1.82, 2.24) is 15.1 Å². The Balaban J connectivity index is 0.00000243. The number of halogens is 2. The summed E-state index contributed by atoms with van der Waals surface area (Å²) < 4.78 is 19.1. The molecule has 2 aliphatic rings. The lowest BCUT2D eigenvalue weighted by Gasteiger charge is -2.34. The number of fused-ring (bicyclic) bond motifs is 1. The van der Waals surface area contributed by atoms with E-state index in [1.807, 2.05) is 19.2 Å². The summed E-state index contributed by atoms with van der Waals surface area (Å²) in [5.41, 5.74) is 1.06. The standard InChI is InChI=1S/C19H29FN4O.HI/c1-3-21-19(23(2)12-15-6-8-16(20)9-7-15)22-11-18-13-24-10-4-5-17(24)14-25-18;/h6-9,17-18H,3-5,10-14H2,1-2H3,(H,21,22);1H. The molecular weight excluding hydrogens is 446 g/mol. The average Bonchev–Trinajstić information content (AvgIpc) is 3.08. The van der Waals surface area contributed by atoms with Gasteiger partial charge >= 0.3 is 0 Å². The molecule has 7 heteroatoms. The number of nitrogens with one attached hydrogen (secondary N) is 1. The van der Waals surface area contributed by atoms with Crippen LogP contribution in [0.2, 0.25) is 0 Å². The molecule has 0 radical (unpaired) electrons. The lowest BCUT2D eigenvalue weighted by molar-refractivity contribution is -0.0432. The first-order valence-corrected chi connectivity index (χ1v) is 9.25. The molecule has 1 aromatic rings. The molecule has 0 bridgehead atoms. The molecule has 5 nitrogen and oxygen atoms in total. The van der Waals surface area contributed by atoms with Gasteiger partial charge in [0.05, 0.1) is 19.3 Å². The second-order valence-corrected chi connectivity index (χ2v) is 6.92. The van der Waals surface area contributed by atoms with E-state index in [-0.39, 0.29) is 35.9 Å². The Bertz CT molecular complexity index is 583. The zero-order chi connectivity index (χ0) is 17.6. The van der Waals surface area contributed by atoms with Gasteiger partial charge in [-0.25, -0.2) is 4.39 Å². The molecule has 146 valence electrons. The highest BCUT2D eigenvalue weighted by atomic mass is 127. The Labute approximate surface area is 173 Å². The van der Waals surface area contributed by atoms with Crippen LogP contribution in [0.5, 0.6) is 0 Å². The third-order valence-corrected chi connectivity index (χ3v) is 4.94. The van der Waals surface area contributed by atoms with Crippen molar-refractivity contribution in [2.75, 3.05) is 39.8 Å². The molecule has 3 rings (SSSR count). The van der Waals surface area contributed by atoms with Crippen LogP contribution >= 0.6 is 24.0 Å². The second-order valence-electron chi connectivity index (χ2n) is 6.92. The van der Waals surface area contributed by atoms with Crippen molar-refractivity contribution >= 4 is 29.9 Å². The number of ether oxygens (including phenoxy) is 1. The predicted octanol–water partition coefficient (Wildman–Crippen LogP) is 2.70. The molecule has 26 heavy (non-hydrogen) atoms. The summed E-state index contributed by atoms with van der Waals surface area (Å²) >= 11 is 0. The Kier molecular flexibility index (Phi) is 8.56. The number of morpholine rings is 1. The first-order chi connectivity index (χ1) is 12.2. The quantitative estimate of drug-likeness (QED) is 0.403. The van der Waals surface area contributed by atoms with Gasteiger partial charge in [0.1, 0.15) is 5.82 Å². The second kappa shape index (κ2) is 10.4. The Morgan fingerprint density at radius 3 is 2.88 bits per heavy atom. The van der Waals surface area contributed by atoms with Crippen molar-refractivity contribution in [2.45, 2.75) is 38.5 Å². The third-order valence-electron chi connectivity index (χ3n) is 4.94. The normalized spacial score (nSPS) is 23.3. The maximum absolute atomic E-state index is 13.1. The largest absolute Gasteiger partial charge is 0.373 e. The fourth-order valence-corrected chi connectivity index (χ4v) is 3.59. The van der Waals surface area contributed by atoms with Gasteiger partial charge in [-0.15, -0.1) is 24.0 Å². The van der Waals surface area contributed by atoms with Gasteiger partial charge < -0.3 is 15.0 Å². The van der Waals surface area contributed by atoms with Gasteiger partial charge in [-0.05, 0) is 44.0 Å².